The summed E-state index contributed by atoms with van der Waals surface area (Å²) in [5.74, 6) is -0.211. The Morgan fingerprint density at radius 1 is 0.905 bits per heavy atom. The average Bonchev–Trinajstić information content (AvgIpc) is 2.46. The van der Waals surface area contributed by atoms with Gasteiger partial charge < -0.3 is 11.5 Å². The van der Waals surface area contributed by atoms with Crippen LogP contribution in [0, 0.1) is 5.41 Å². The van der Waals surface area contributed by atoms with Gasteiger partial charge >= 0.3 is 0 Å². The molecule has 0 saturated carbocycles. The van der Waals surface area contributed by atoms with Gasteiger partial charge in [-0.15, -0.1) is 17.5 Å². The summed E-state index contributed by atoms with van der Waals surface area (Å²) in [6.45, 7) is 0. The molecule has 0 aliphatic carbocycles. The third-order valence-electron chi connectivity index (χ3n) is 2.47. The lowest BCUT2D eigenvalue weighted by Gasteiger charge is -2.20. The van der Waals surface area contributed by atoms with Gasteiger partial charge in [0.25, 0.3) is 0 Å². The number of hydrazone groups is 1. The van der Waals surface area contributed by atoms with E-state index in [1.165, 1.54) is 0 Å². The van der Waals surface area contributed by atoms with Crippen molar-refractivity contribution in [1.82, 2.24) is 5.32 Å². The molecule has 0 heterocycles. The largest absolute Gasteiger partial charge is 0.370 e. The minimum Gasteiger partial charge on any atom is -0.370 e. The Morgan fingerprint density at radius 2 is 1.33 bits per heavy atom. The van der Waals surface area contributed by atoms with E-state index < -0.39 is 0 Å². The monoisotopic (exact) mass is 304 g/mol. The molecule has 0 fully saturated rings. The number of hydrogen-bond acceptors (Lipinski definition) is 3. The van der Waals surface area contributed by atoms with Gasteiger partial charge in [0, 0.05) is 0 Å². The summed E-state index contributed by atoms with van der Waals surface area (Å²) in [6.07, 6.45) is 0. The standard InChI is InChI=1S/C14H16N6.ClH/c15-13(16)18-14(17)19-20(11-7-3-1-4-8-11)12-9-5-2-6-10-12;/h1-10H,(H6,15,16,17,18,19);1H. The van der Waals surface area contributed by atoms with E-state index in [2.05, 4.69) is 10.4 Å². The molecular weight excluding hydrogens is 288 g/mol. The number of guanidine groups is 2. The third kappa shape index (κ3) is 4.70. The topological polar surface area (TPSA) is 104 Å². The molecule has 0 amide bonds. The van der Waals surface area contributed by atoms with E-state index in [9.17, 15) is 0 Å². The summed E-state index contributed by atoms with van der Waals surface area (Å²) in [5.41, 5.74) is 12.7. The molecule has 0 saturated heterocycles. The molecular formula is C14H17ClN6. The molecule has 0 atom stereocenters. The molecule has 0 unspecified atom stereocenters. The molecule has 110 valence electrons. The average molecular weight is 305 g/mol. The molecule has 6 N–H and O–H groups in total. The second-order valence-electron chi connectivity index (χ2n) is 4.01. The van der Waals surface area contributed by atoms with E-state index in [4.69, 9.17) is 16.9 Å². The summed E-state index contributed by atoms with van der Waals surface area (Å²) in [7, 11) is 0. The maximum absolute atomic E-state index is 7.17. The van der Waals surface area contributed by atoms with E-state index in [1.54, 1.807) is 5.01 Å². The maximum atomic E-state index is 7.17. The van der Waals surface area contributed by atoms with E-state index in [0.29, 0.717) is 0 Å². The summed E-state index contributed by atoms with van der Waals surface area (Å²) < 4.78 is 0. The van der Waals surface area contributed by atoms with Crippen LogP contribution < -0.4 is 21.8 Å². The van der Waals surface area contributed by atoms with Crippen molar-refractivity contribution in [2.45, 2.75) is 0 Å². The van der Waals surface area contributed by atoms with Crippen LogP contribution >= 0.6 is 12.4 Å². The number of halogens is 1. The molecule has 0 aliphatic rings. The second-order valence-corrected chi connectivity index (χ2v) is 4.01. The zero-order valence-corrected chi connectivity index (χ0v) is 12.0. The number of nitrogens with one attached hydrogen (secondary N) is 2. The molecule has 21 heavy (non-hydrogen) atoms. The Kier molecular flexibility index (Phi) is 6.03. The summed E-state index contributed by atoms with van der Waals surface area (Å²) >= 11 is 0. The fourth-order valence-electron chi connectivity index (χ4n) is 1.67. The van der Waals surface area contributed by atoms with Crippen LogP contribution in [0.15, 0.2) is 65.8 Å². The molecule has 7 heteroatoms. The van der Waals surface area contributed by atoms with Crippen LogP contribution in [-0.2, 0) is 0 Å². The van der Waals surface area contributed by atoms with Crippen molar-refractivity contribution in [3.8, 4) is 0 Å². The van der Waals surface area contributed by atoms with Crippen molar-refractivity contribution < 1.29 is 0 Å². The fourth-order valence-corrected chi connectivity index (χ4v) is 1.67. The summed E-state index contributed by atoms with van der Waals surface area (Å²) in [4.78, 5) is 0. The minimum atomic E-state index is -0.257. The first-order valence-electron chi connectivity index (χ1n) is 6.02. The van der Waals surface area contributed by atoms with Gasteiger partial charge in [-0.25, -0.2) is 5.01 Å². The van der Waals surface area contributed by atoms with E-state index in [1.807, 2.05) is 60.7 Å². The lowest BCUT2D eigenvalue weighted by atomic mass is 10.2. The molecule has 0 bridgehead atoms. The smallest absolute Gasteiger partial charge is 0.218 e. The van der Waals surface area contributed by atoms with Gasteiger partial charge in [-0.05, 0) is 24.3 Å². The highest BCUT2D eigenvalue weighted by Crippen LogP contribution is 2.24. The highest BCUT2D eigenvalue weighted by molar-refractivity contribution is 5.96. The Balaban J connectivity index is 0.00000220. The van der Waals surface area contributed by atoms with Crippen LogP contribution in [0.25, 0.3) is 0 Å². The zero-order chi connectivity index (χ0) is 14.4. The quantitative estimate of drug-likeness (QED) is 0.395. The fraction of sp³-hybridized carbons (Fsp3) is 0. The Bertz CT molecular complexity index is 560. The van der Waals surface area contributed by atoms with Crippen molar-refractivity contribution in [3.63, 3.8) is 0 Å². The lowest BCUT2D eigenvalue weighted by Crippen LogP contribution is -2.41. The summed E-state index contributed by atoms with van der Waals surface area (Å²) in [6, 6.07) is 19.2. The van der Waals surface area contributed by atoms with Gasteiger partial charge in [-0.3, -0.25) is 10.7 Å². The van der Waals surface area contributed by atoms with Crippen LogP contribution in [0.5, 0.6) is 0 Å². The first kappa shape index (κ1) is 16.3. The number of para-hydroxylation sites is 2. The summed E-state index contributed by atoms with van der Waals surface area (Å²) in [5, 5.41) is 15.6. The molecule has 6 nitrogen and oxygen atoms in total. The first-order chi connectivity index (χ1) is 9.66. The number of nitrogens with two attached hydrogens (primary N) is 2. The van der Waals surface area contributed by atoms with Gasteiger partial charge in [-0.2, -0.15) is 0 Å². The lowest BCUT2D eigenvalue weighted by molar-refractivity contribution is 1.05. The number of rotatable bonds is 3. The van der Waals surface area contributed by atoms with E-state index in [0.717, 1.165) is 11.4 Å². The van der Waals surface area contributed by atoms with Crippen LogP contribution in [0.1, 0.15) is 0 Å². The molecule has 0 spiro atoms. The second kappa shape index (κ2) is 7.76. The Hall–Kier alpha value is -2.73. The van der Waals surface area contributed by atoms with Crippen LogP contribution in [0.4, 0.5) is 11.4 Å². The SMILES string of the molecule is Cl.N=C(N)NC(N)=NN(c1ccccc1)c1ccccc1. The third-order valence-corrected chi connectivity index (χ3v) is 2.47. The highest BCUT2D eigenvalue weighted by atomic mass is 35.5. The highest BCUT2D eigenvalue weighted by Gasteiger charge is 2.08. The maximum Gasteiger partial charge on any atom is 0.218 e. The van der Waals surface area contributed by atoms with Crippen molar-refractivity contribution in [2.24, 2.45) is 16.6 Å². The Labute approximate surface area is 129 Å². The molecule has 2 aromatic rings. The minimum absolute atomic E-state index is 0. The predicted molar refractivity (Wildman–Crippen MR) is 88.9 cm³/mol. The number of benzene rings is 2. The first-order valence-corrected chi connectivity index (χ1v) is 6.02. The van der Waals surface area contributed by atoms with Crippen molar-refractivity contribution in [3.05, 3.63) is 60.7 Å². The van der Waals surface area contributed by atoms with Crippen molar-refractivity contribution in [2.75, 3.05) is 5.01 Å². The molecule has 2 rings (SSSR count). The van der Waals surface area contributed by atoms with E-state index >= 15 is 0 Å². The zero-order valence-electron chi connectivity index (χ0n) is 11.2. The van der Waals surface area contributed by atoms with E-state index in [-0.39, 0.29) is 24.3 Å². The normalized spacial score (nSPS) is 10.4. The van der Waals surface area contributed by atoms with Gasteiger partial charge in [0.05, 0.1) is 11.4 Å². The predicted octanol–water partition coefficient (Wildman–Crippen LogP) is 1.96. The molecule has 0 radical (unpaired) electrons. The van der Waals surface area contributed by atoms with Gasteiger partial charge in [0.2, 0.25) is 5.96 Å². The Morgan fingerprint density at radius 3 is 1.71 bits per heavy atom. The van der Waals surface area contributed by atoms with Gasteiger partial charge in [-0.1, -0.05) is 36.4 Å². The van der Waals surface area contributed by atoms with Crippen molar-refractivity contribution in [1.29, 1.82) is 5.41 Å². The molecule has 0 aromatic heterocycles. The van der Waals surface area contributed by atoms with Crippen LogP contribution in [0.3, 0.4) is 0 Å². The number of nitrogens with zero attached hydrogens (tertiary/aromatic N) is 2. The van der Waals surface area contributed by atoms with Crippen molar-refractivity contribution >= 4 is 35.7 Å². The van der Waals surface area contributed by atoms with Crippen LogP contribution in [-0.4, -0.2) is 11.9 Å². The van der Waals surface area contributed by atoms with Gasteiger partial charge in [0.15, 0.2) is 5.96 Å². The molecule has 2 aromatic carbocycles. The van der Waals surface area contributed by atoms with Gasteiger partial charge in [0.1, 0.15) is 0 Å². The molecule has 0 aliphatic heterocycles. The van der Waals surface area contributed by atoms with Crippen LogP contribution in [0.2, 0.25) is 0 Å². The number of anilines is 2. The number of hydrogen-bond donors (Lipinski definition) is 4.